The minimum Gasteiger partial charge on any atom is -0.347 e. The van der Waals surface area contributed by atoms with E-state index in [0.717, 1.165) is 23.7 Å². The molecule has 0 fully saturated rings. The van der Waals surface area contributed by atoms with Crippen molar-refractivity contribution in [1.29, 1.82) is 0 Å². The van der Waals surface area contributed by atoms with Gasteiger partial charge in [0.1, 0.15) is 0 Å². The van der Waals surface area contributed by atoms with Crippen molar-refractivity contribution in [3.63, 3.8) is 0 Å². The summed E-state index contributed by atoms with van der Waals surface area (Å²) in [4.78, 5) is 23.7. The van der Waals surface area contributed by atoms with E-state index in [0.29, 0.717) is 5.69 Å². The van der Waals surface area contributed by atoms with Gasteiger partial charge in [-0.3, -0.25) is 9.59 Å². The molecule has 0 radical (unpaired) electrons. The van der Waals surface area contributed by atoms with Crippen molar-refractivity contribution < 1.29 is 9.59 Å². The van der Waals surface area contributed by atoms with Crippen LogP contribution in [-0.2, 0) is 9.59 Å². The fourth-order valence-electron chi connectivity index (χ4n) is 2.10. The third kappa shape index (κ3) is 4.20. The van der Waals surface area contributed by atoms with Crippen LogP contribution in [-0.4, -0.2) is 18.4 Å². The molecular formula is C15H17BrN2O2. The monoisotopic (exact) mass is 336 g/mol. The smallest absolute Gasteiger partial charge is 0.243 e. The quantitative estimate of drug-likeness (QED) is 0.830. The zero-order chi connectivity index (χ0) is 14.4. The van der Waals surface area contributed by atoms with Crippen molar-refractivity contribution in [2.45, 2.75) is 19.3 Å². The zero-order valence-corrected chi connectivity index (χ0v) is 12.7. The van der Waals surface area contributed by atoms with Crippen LogP contribution in [0, 0.1) is 5.92 Å². The van der Waals surface area contributed by atoms with Crippen LogP contribution in [0.4, 0.5) is 5.69 Å². The summed E-state index contributed by atoms with van der Waals surface area (Å²) in [6.45, 7) is 0.000379. The van der Waals surface area contributed by atoms with E-state index in [9.17, 15) is 9.59 Å². The molecule has 4 nitrogen and oxygen atoms in total. The second-order valence-electron chi connectivity index (χ2n) is 4.73. The lowest BCUT2D eigenvalue weighted by Crippen LogP contribution is -2.37. The van der Waals surface area contributed by atoms with Crippen LogP contribution >= 0.6 is 15.9 Å². The number of carbonyl (C=O) groups excluding carboxylic acids is 2. The Bertz CT molecular complexity index is 528. The molecule has 1 aromatic carbocycles. The molecule has 0 bridgehead atoms. The van der Waals surface area contributed by atoms with Gasteiger partial charge in [0.15, 0.2) is 0 Å². The first-order valence-corrected chi connectivity index (χ1v) is 7.43. The van der Waals surface area contributed by atoms with Crippen LogP contribution in [0.5, 0.6) is 0 Å². The predicted molar refractivity (Wildman–Crippen MR) is 82.3 cm³/mol. The van der Waals surface area contributed by atoms with Crippen LogP contribution in [0.25, 0.3) is 0 Å². The molecule has 5 heteroatoms. The number of halogens is 1. The summed E-state index contributed by atoms with van der Waals surface area (Å²) in [5.41, 5.74) is 0.701. The number of nitrogens with one attached hydrogen (secondary N) is 2. The minimum atomic E-state index is -0.225. The van der Waals surface area contributed by atoms with Crippen molar-refractivity contribution in [2.75, 3.05) is 11.9 Å². The van der Waals surface area contributed by atoms with Gasteiger partial charge in [0, 0.05) is 10.4 Å². The van der Waals surface area contributed by atoms with Gasteiger partial charge in [-0.2, -0.15) is 0 Å². The number of hydrogen-bond donors (Lipinski definition) is 2. The van der Waals surface area contributed by atoms with E-state index in [1.54, 1.807) is 6.07 Å². The first-order valence-electron chi connectivity index (χ1n) is 6.64. The molecule has 0 saturated heterocycles. The number of rotatable bonds is 4. The highest BCUT2D eigenvalue weighted by atomic mass is 79.9. The Balaban J connectivity index is 1.79. The molecule has 1 aromatic rings. The Morgan fingerprint density at radius 1 is 1.25 bits per heavy atom. The van der Waals surface area contributed by atoms with Gasteiger partial charge in [-0.1, -0.05) is 24.3 Å². The number of hydrogen-bond acceptors (Lipinski definition) is 2. The van der Waals surface area contributed by atoms with E-state index >= 15 is 0 Å². The third-order valence-electron chi connectivity index (χ3n) is 3.21. The van der Waals surface area contributed by atoms with Gasteiger partial charge in [0.25, 0.3) is 0 Å². The first-order chi connectivity index (χ1) is 9.66. The topological polar surface area (TPSA) is 58.2 Å². The number of carbonyl (C=O) groups is 2. The lowest BCUT2D eigenvalue weighted by Gasteiger charge is -2.17. The number of amides is 2. The zero-order valence-electron chi connectivity index (χ0n) is 11.1. The second kappa shape index (κ2) is 7.24. The Labute approximate surface area is 126 Å². The molecule has 0 aliphatic heterocycles. The molecule has 2 amide bonds. The Kier molecular flexibility index (Phi) is 5.35. The molecule has 0 saturated carbocycles. The lowest BCUT2D eigenvalue weighted by molar-refractivity contribution is -0.127. The predicted octanol–water partition coefficient (Wildman–Crippen LogP) is 2.86. The highest BCUT2D eigenvalue weighted by Crippen LogP contribution is 2.21. The summed E-state index contributed by atoms with van der Waals surface area (Å²) < 4.78 is 0.817. The van der Waals surface area contributed by atoms with E-state index in [1.165, 1.54) is 0 Å². The van der Waals surface area contributed by atoms with E-state index in [1.807, 2.05) is 24.3 Å². The van der Waals surface area contributed by atoms with Crippen LogP contribution in [0.3, 0.4) is 0 Å². The van der Waals surface area contributed by atoms with E-state index in [4.69, 9.17) is 0 Å². The fraction of sp³-hybridized carbons (Fsp3) is 0.333. The Hall–Kier alpha value is -1.62. The molecule has 1 unspecified atom stereocenters. The normalized spacial score (nSPS) is 17.6. The molecule has 1 aliphatic rings. The average Bonchev–Trinajstić information content (AvgIpc) is 2.48. The number of para-hydroxylation sites is 1. The molecule has 2 N–H and O–H groups in total. The van der Waals surface area contributed by atoms with Gasteiger partial charge in [-0.25, -0.2) is 0 Å². The summed E-state index contributed by atoms with van der Waals surface area (Å²) in [5.74, 6) is -0.274. The molecule has 0 heterocycles. The van der Waals surface area contributed by atoms with Gasteiger partial charge in [0.2, 0.25) is 11.8 Å². The molecule has 2 rings (SSSR count). The van der Waals surface area contributed by atoms with Gasteiger partial charge in [0.05, 0.1) is 12.2 Å². The first kappa shape index (κ1) is 14.8. The van der Waals surface area contributed by atoms with Gasteiger partial charge >= 0.3 is 0 Å². The van der Waals surface area contributed by atoms with Crippen molar-refractivity contribution in [1.82, 2.24) is 5.32 Å². The van der Waals surface area contributed by atoms with Crippen LogP contribution < -0.4 is 10.6 Å². The summed E-state index contributed by atoms with van der Waals surface area (Å²) >= 11 is 3.36. The largest absolute Gasteiger partial charge is 0.347 e. The molecular weight excluding hydrogens is 320 g/mol. The summed E-state index contributed by atoms with van der Waals surface area (Å²) in [5, 5.41) is 5.45. The van der Waals surface area contributed by atoms with Crippen LogP contribution in [0.2, 0.25) is 0 Å². The highest BCUT2D eigenvalue weighted by molar-refractivity contribution is 9.10. The minimum absolute atomic E-state index is 0.000379. The lowest BCUT2D eigenvalue weighted by atomic mass is 9.94. The maximum Gasteiger partial charge on any atom is 0.243 e. The van der Waals surface area contributed by atoms with Crippen molar-refractivity contribution in [3.8, 4) is 0 Å². The SMILES string of the molecule is O=C(CNC(=O)C1CC=CCC1)Nc1ccccc1Br. The fourth-order valence-corrected chi connectivity index (χ4v) is 2.48. The Morgan fingerprint density at radius 2 is 2.05 bits per heavy atom. The molecule has 106 valence electrons. The molecule has 20 heavy (non-hydrogen) atoms. The molecule has 1 atom stereocenters. The molecule has 1 aliphatic carbocycles. The molecule has 0 aromatic heterocycles. The maximum atomic E-state index is 11.9. The number of anilines is 1. The number of allylic oxidation sites excluding steroid dienone is 2. The van der Waals surface area contributed by atoms with Gasteiger partial charge < -0.3 is 10.6 Å². The average molecular weight is 337 g/mol. The molecule has 0 spiro atoms. The van der Waals surface area contributed by atoms with Gasteiger partial charge in [-0.15, -0.1) is 0 Å². The Morgan fingerprint density at radius 3 is 2.75 bits per heavy atom. The second-order valence-corrected chi connectivity index (χ2v) is 5.58. The highest BCUT2D eigenvalue weighted by Gasteiger charge is 2.19. The van der Waals surface area contributed by atoms with Crippen molar-refractivity contribution >= 4 is 33.4 Å². The van der Waals surface area contributed by atoms with E-state index < -0.39 is 0 Å². The standard InChI is InChI=1S/C15H17BrN2O2/c16-12-8-4-5-9-13(12)18-14(19)10-17-15(20)11-6-2-1-3-7-11/h1-2,4-5,8-9,11H,3,6-7,10H2,(H,17,20)(H,18,19). The van der Waals surface area contributed by atoms with Crippen molar-refractivity contribution in [3.05, 3.63) is 40.9 Å². The van der Waals surface area contributed by atoms with Crippen LogP contribution in [0.1, 0.15) is 19.3 Å². The summed E-state index contributed by atoms with van der Waals surface area (Å²) in [6.07, 6.45) is 6.66. The maximum absolute atomic E-state index is 11.9. The summed E-state index contributed by atoms with van der Waals surface area (Å²) in [6, 6.07) is 7.36. The van der Waals surface area contributed by atoms with Gasteiger partial charge in [-0.05, 0) is 47.3 Å². The van der Waals surface area contributed by atoms with E-state index in [-0.39, 0.29) is 24.3 Å². The van der Waals surface area contributed by atoms with E-state index in [2.05, 4.69) is 32.6 Å². The van der Waals surface area contributed by atoms with Crippen molar-refractivity contribution in [2.24, 2.45) is 5.92 Å². The number of benzene rings is 1. The van der Waals surface area contributed by atoms with Crippen LogP contribution in [0.15, 0.2) is 40.9 Å². The summed E-state index contributed by atoms with van der Waals surface area (Å²) in [7, 11) is 0. The third-order valence-corrected chi connectivity index (χ3v) is 3.90.